The van der Waals surface area contributed by atoms with Crippen molar-refractivity contribution in [3.05, 3.63) is 59.2 Å². The van der Waals surface area contributed by atoms with Gasteiger partial charge < -0.3 is 5.84 Å². The molecular formula is C17H18N4. The molecule has 0 fully saturated rings. The van der Waals surface area contributed by atoms with Gasteiger partial charge in [0.15, 0.2) is 0 Å². The minimum absolute atomic E-state index is 1.01. The first-order valence-corrected chi connectivity index (χ1v) is 6.13. The van der Waals surface area contributed by atoms with Crippen LogP contribution >= 0.6 is 0 Å². The minimum atomic E-state index is 1.01. The van der Waals surface area contributed by atoms with Crippen molar-refractivity contribution in [2.24, 2.45) is 10.9 Å². The summed E-state index contributed by atoms with van der Waals surface area (Å²) in [5.41, 5.74) is 6.09. The predicted molar refractivity (Wildman–Crippen MR) is 86.5 cm³/mol. The molecule has 106 valence electrons. The fourth-order valence-electron chi connectivity index (χ4n) is 1.97. The molecule has 0 radical (unpaired) electrons. The summed E-state index contributed by atoms with van der Waals surface area (Å²) in [6.07, 6.45) is 1.64. The van der Waals surface area contributed by atoms with Gasteiger partial charge in [-0.1, -0.05) is 48.0 Å². The maximum atomic E-state index is 6.50. The summed E-state index contributed by atoms with van der Waals surface area (Å²) in [6, 6.07) is 14.7. The monoisotopic (exact) mass is 278 g/mol. The number of benzene rings is 2. The highest BCUT2D eigenvalue weighted by Gasteiger charge is 2.01. The average molecular weight is 278 g/mol. The maximum Gasteiger partial charge on any atom is 0.0538 e. The number of nitrogens with zero attached hydrogens (tertiary/aromatic N) is 3. The Morgan fingerprint density at radius 1 is 0.952 bits per heavy atom. The molecule has 2 aromatic carbocycles. The van der Waals surface area contributed by atoms with E-state index in [1.54, 1.807) is 6.21 Å². The number of aryl methyl sites for hydroxylation is 2. The zero-order valence-electron chi connectivity index (χ0n) is 12.2. The van der Waals surface area contributed by atoms with Crippen LogP contribution in [0.15, 0.2) is 47.6 Å². The number of hydrazone groups is 1. The Labute approximate surface area is 125 Å². The van der Waals surface area contributed by atoms with E-state index in [0.717, 1.165) is 5.56 Å². The van der Waals surface area contributed by atoms with Gasteiger partial charge in [-0.2, -0.15) is 5.10 Å². The van der Waals surface area contributed by atoms with Gasteiger partial charge in [-0.25, -0.2) is 10.5 Å². The molecule has 4 nitrogen and oxygen atoms in total. The van der Waals surface area contributed by atoms with Gasteiger partial charge in [-0.15, -0.1) is 0 Å². The van der Waals surface area contributed by atoms with Crippen LogP contribution in [0.25, 0.3) is 11.1 Å². The standard InChI is InChI=1S/C15H16N2.2CHN/c1-11-3-8-15(12(2)9-11)14-6-4-13(5-7-14)10-17-16;2*1-2/h3-10H,16H2,1-2H3;2*1H. The van der Waals surface area contributed by atoms with Gasteiger partial charge in [0.25, 0.3) is 0 Å². The van der Waals surface area contributed by atoms with E-state index in [-0.39, 0.29) is 0 Å². The van der Waals surface area contributed by atoms with Crippen molar-refractivity contribution >= 4 is 6.21 Å². The summed E-state index contributed by atoms with van der Waals surface area (Å²) in [7, 11) is 0. The van der Waals surface area contributed by atoms with Crippen molar-refractivity contribution in [3.63, 3.8) is 0 Å². The number of nitriles is 2. The lowest BCUT2D eigenvalue weighted by Crippen LogP contribution is -1.88. The van der Waals surface area contributed by atoms with Crippen LogP contribution < -0.4 is 5.84 Å². The van der Waals surface area contributed by atoms with Crippen molar-refractivity contribution < 1.29 is 0 Å². The van der Waals surface area contributed by atoms with Gasteiger partial charge in [-0.05, 0) is 36.1 Å². The Bertz CT molecular complexity index is 616. The molecule has 0 unspecified atom stereocenters. The SMILES string of the molecule is C#N.C#N.Cc1ccc(-c2ccc(C=NN)cc2)c(C)c1. The van der Waals surface area contributed by atoms with Crippen LogP contribution in [0.5, 0.6) is 0 Å². The number of hydrogen-bond acceptors (Lipinski definition) is 4. The average Bonchev–Trinajstić information content (AvgIpc) is 2.53. The summed E-state index contributed by atoms with van der Waals surface area (Å²) in [5, 5.41) is 16.5. The van der Waals surface area contributed by atoms with Crippen molar-refractivity contribution in [3.8, 4) is 24.3 Å². The number of rotatable bonds is 2. The lowest BCUT2D eigenvalue weighted by atomic mass is 9.98. The zero-order valence-corrected chi connectivity index (χ0v) is 12.2. The molecule has 2 N–H and O–H groups in total. The molecule has 0 heterocycles. The second-order valence-electron chi connectivity index (χ2n) is 4.22. The van der Waals surface area contributed by atoms with E-state index in [2.05, 4.69) is 62.4 Å². The zero-order chi connectivity index (χ0) is 16.3. The molecule has 2 rings (SSSR count). The second kappa shape index (κ2) is 9.77. The first-order chi connectivity index (χ1) is 10.2. The van der Waals surface area contributed by atoms with E-state index < -0.39 is 0 Å². The van der Waals surface area contributed by atoms with Gasteiger partial charge in [0.2, 0.25) is 0 Å². The molecule has 0 atom stereocenters. The van der Waals surface area contributed by atoms with Crippen LogP contribution in [-0.2, 0) is 0 Å². The largest absolute Gasteiger partial charge is 0.323 e. The third-order valence-corrected chi connectivity index (χ3v) is 2.83. The van der Waals surface area contributed by atoms with Crippen molar-refractivity contribution in [2.75, 3.05) is 0 Å². The summed E-state index contributed by atoms with van der Waals surface area (Å²) in [5.74, 6) is 5.12. The molecule has 4 heteroatoms. The first kappa shape index (κ1) is 17.9. The summed E-state index contributed by atoms with van der Waals surface area (Å²) in [4.78, 5) is 0. The van der Waals surface area contributed by atoms with Gasteiger partial charge in [0, 0.05) is 13.1 Å². The highest BCUT2D eigenvalue weighted by atomic mass is 15.1. The van der Waals surface area contributed by atoms with Crippen LogP contribution in [0.3, 0.4) is 0 Å². The van der Waals surface area contributed by atoms with E-state index in [1.807, 2.05) is 12.1 Å². The van der Waals surface area contributed by atoms with E-state index in [4.69, 9.17) is 16.4 Å². The fraction of sp³-hybridized carbons (Fsp3) is 0.118. The molecule has 0 saturated carbocycles. The lowest BCUT2D eigenvalue weighted by Gasteiger charge is -2.07. The summed E-state index contributed by atoms with van der Waals surface area (Å²) in [6.45, 7) is 11.2. The smallest absolute Gasteiger partial charge is 0.0538 e. The lowest BCUT2D eigenvalue weighted by molar-refractivity contribution is 1.26. The number of nitrogens with two attached hydrogens (primary N) is 1. The fourth-order valence-corrected chi connectivity index (χ4v) is 1.97. The van der Waals surface area contributed by atoms with E-state index in [9.17, 15) is 0 Å². The molecule has 0 amide bonds. The Morgan fingerprint density at radius 3 is 2.00 bits per heavy atom. The van der Waals surface area contributed by atoms with Crippen LogP contribution in [-0.4, -0.2) is 6.21 Å². The maximum absolute atomic E-state index is 6.50. The molecule has 0 aromatic heterocycles. The Morgan fingerprint density at radius 2 is 1.52 bits per heavy atom. The second-order valence-corrected chi connectivity index (χ2v) is 4.22. The van der Waals surface area contributed by atoms with E-state index >= 15 is 0 Å². The molecule has 0 aliphatic rings. The first-order valence-electron chi connectivity index (χ1n) is 6.13. The van der Waals surface area contributed by atoms with Crippen molar-refractivity contribution in [1.29, 1.82) is 10.5 Å². The summed E-state index contributed by atoms with van der Waals surface area (Å²) >= 11 is 0. The molecule has 0 aliphatic heterocycles. The van der Waals surface area contributed by atoms with Crippen LogP contribution in [0.1, 0.15) is 16.7 Å². The summed E-state index contributed by atoms with van der Waals surface area (Å²) < 4.78 is 0. The van der Waals surface area contributed by atoms with Crippen LogP contribution in [0.4, 0.5) is 0 Å². The minimum Gasteiger partial charge on any atom is -0.323 e. The van der Waals surface area contributed by atoms with Gasteiger partial charge >= 0.3 is 0 Å². The topological polar surface area (TPSA) is 86.0 Å². The molecule has 0 bridgehead atoms. The number of hydrogen-bond donors (Lipinski definition) is 1. The van der Waals surface area contributed by atoms with Gasteiger partial charge in [0.05, 0.1) is 6.21 Å². The van der Waals surface area contributed by atoms with Crippen molar-refractivity contribution in [2.45, 2.75) is 13.8 Å². The third kappa shape index (κ3) is 5.18. The molecule has 2 aromatic rings. The normalized spacial score (nSPS) is 9.05. The van der Waals surface area contributed by atoms with Crippen LogP contribution in [0, 0.1) is 37.5 Å². The Hall–Kier alpha value is -3.11. The van der Waals surface area contributed by atoms with Gasteiger partial charge in [0.1, 0.15) is 0 Å². The highest BCUT2D eigenvalue weighted by molar-refractivity contribution is 5.81. The predicted octanol–water partition coefficient (Wildman–Crippen LogP) is 3.54. The third-order valence-electron chi connectivity index (χ3n) is 2.83. The van der Waals surface area contributed by atoms with E-state index in [0.29, 0.717) is 0 Å². The Kier molecular flexibility index (Phi) is 8.33. The van der Waals surface area contributed by atoms with Crippen molar-refractivity contribution in [1.82, 2.24) is 0 Å². The van der Waals surface area contributed by atoms with Crippen LogP contribution in [0.2, 0.25) is 0 Å². The quantitative estimate of drug-likeness (QED) is 0.518. The van der Waals surface area contributed by atoms with E-state index in [1.165, 1.54) is 22.3 Å². The molecule has 0 spiro atoms. The van der Waals surface area contributed by atoms with Gasteiger partial charge in [-0.3, -0.25) is 0 Å². The molecule has 0 saturated heterocycles. The molecule has 21 heavy (non-hydrogen) atoms. The molecule has 0 aliphatic carbocycles. The molecular weight excluding hydrogens is 260 g/mol. The Balaban J connectivity index is 0.000000921. The highest BCUT2D eigenvalue weighted by Crippen LogP contribution is 2.24.